The topological polar surface area (TPSA) is 52.5 Å². The molecule has 1 aromatic heterocycles. The fraction of sp³-hybridized carbons (Fsp3) is 0.444. The van der Waals surface area contributed by atoms with Crippen LogP contribution >= 0.6 is 22.6 Å². The van der Waals surface area contributed by atoms with Gasteiger partial charge in [0.05, 0.1) is 5.69 Å². The maximum absolute atomic E-state index is 8.89. The Morgan fingerprint density at radius 2 is 2.00 bits per heavy atom. The molecular formula is C18H22IN3. The lowest BCUT2D eigenvalue weighted by Gasteiger charge is -2.16. The highest BCUT2D eigenvalue weighted by Gasteiger charge is 2.14. The molecule has 0 spiro atoms. The van der Waals surface area contributed by atoms with Crippen molar-refractivity contribution in [3.8, 4) is 6.07 Å². The van der Waals surface area contributed by atoms with Crippen LogP contribution in [0.15, 0.2) is 30.5 Å². The van der Waals surface area contributed by atoms with Crippen LogP contribution in [-0.2, 0) is 6.42 Å². The second-order valence-corrected chi connectivity index (χ2v) is 6.90. The minimum Gasteiger partial charge on any atom is -0.336 e. The Bertz CT molecular complexity index is 610. The predicted molar refractivity (Wildman–Crippen MR) is 97.7 cm³/mol. The number of hydrogen-bond acceptors (Lipinski definition) is 2. The summed E-state index contributed by atoms with van der Waals surface area (Å²) in [5.74, 6) is 0.881. The number of aromatic amines is 1. The van der Waals surface area contributed by atoms with Gasteiger partial charge < -0.3 is 4.98 Å². The van der Waals surface area contributed by atoms with Crippen molar-refractivity contribution in [1.29, 1.82) is 5.26 Å². The maximum atomic E-state index is 8.89. The smallest absolute Gasteiger partial charge is 0.210 e. The number of nitrogens with zero attached hydrogens (tertiary/aromatic N) is 2. The molecule has 0 saturated heterocycles. The third-order valence-corrected chi connectivity index (χ3v) is 4.66. The van der Waals surface area contributed by atoms with Gasteiger partial charge in [-0.15, -0.1) is 0 Å². The summed E-state index contributed by atoms with van der Waals surface area (Å²) < 4.78 is 1.26. The molecule has 0 saturated carbocycles. The van der Waals surface area contributed by atoms with Gasteiger partial charge in [0.1, 0.15) is 6.07 Å². The lowest BCUT2D eigenvalue weighted by atomic mass is 9.89. The zero-order valence-electron chi connectivity index (χ0n) is 13.0. The highest BCUT2D eigenvalue weighted by atomic mass is 127. The Labute approximate surface area is 146 Å². The molecule has 1 aromatic carbocycles. The van der Waals surface area contributed by atoms with Gasteiger partial charge in [-0.3, -0.25) is 0 Å². The van der Waals surface area contributed by atoms with Crippen LogP contribution in [0.25, 0.3) is 0 Å². The third kappa shape index (κ3) is 5.13. The largest absolute Gasteiger partial charge is 0.336 e. The lowest BCUT2D eigenvalue weighted by molar-refractivity contribution is 0.548. The normalized spacial score (nSPS) is 12.0. The first-order valence-corrected chi connectivity index (χ1v) is 9.00. The Hall–Kier alpha value is -1.35. The molecule has 1 unspecified atom stereocenters. The average Bonchev–Trinajstić information content (AvgIpc) is 2.99. The summed E-state index contributed by atoms with van der Waals surface area (Å²) in [4.78, 5) is 7.26. The van der Waals surface area contributed by atoms with Crippen molar-refractivity contribution in [3.05, 3.63) is 51.1 Å². The molecule has 0 bridgehead atoms. The first-order valence-electron chi connectivity index (χ1n) is 7.92. The number of hydrogen-bond donors (Lipinski definition) is 1. The second kappa shape index (κ2) is 8.94. The number of imidazole rings is 1. The first-order chi connectivity index (χ1) is 10.7. The minimum absolute atomic E-state index is 0.405. The van der Waals surface area contributed by atoms with Crippen LogP contribution in [-0.4, -0.2) is 9.97 Å². The zero-order valence-corrected chi connectivity index (χ0v) is 15.1. The first kappa shape index (κ1) is 17.0. The summed E-state index contributed by atoms with van der Waals surface area (Å²) in [6, 6.07) is 10.8. The zero-order chi connectivity index (χ0) is 15.8. The Morgan fingerprint density at radius 3 is 2.64 bits per heavy atom. The van der Waals surface area contributed by atoms with Crippen LogP contribution in [0.1, 0.15) is 62.0 Å². The van der Waals surface area contributed by atoms with E-state index in [-0.39, 0.29) is 0 Å². The Kier molecular flexibility index (Phi) is 6.91. The van der Waals surface area contributed by atoms with Crippen LogP contribution in [0.4, 0.5) is 0 Å². The minimum atomic E-state index is 0.405. The van der Waals surface area contributed by atoms with Gasteiger partial charge in [0.15, 0.2) is 0 Å². The van der Waals surface area contributed by atoms with Crippen LogP contribution in [0.5, 0.6) is 0 Å². The van der Waals surface area contributed by atoms with Crippen molar-refractivity contribution in [2.24, 2.45) is 0 Å². The number of nitrogens with one attached hydrogen (secondary N) is 1. The van der Waals surface area contributed by atoms with Crippen LogP contribution < -0.4 is 0 Å². The van der Waals surface area contributed by atoms with Gasteiger partial charge in [0.2, 0.25) is 5.82 Å². The molecule has 1 atom stereocenters. The molecule has 2 rings (SSSR count). The van der Waals surface area contributed by atoms with Gasteiger partial charge in [0.25, 0.3) is 0 Å². The standard InChI is InChI=1S/C18H22IN3/c1-2-3-4-5-6-15(14-7-9-16(19)10-8-14)11-17-13-21-18(12-20)22-17/h7-10,13,15H,2-6,11H2,1H3,(H,21,22). The second-order valence-electron chi connectivity index (χ2n) is 5.65. The summed E-state index contributed by atoms with van der Waals surface area (Å²) in [7, 11) is 0. The van der Waals surface area contributed by atoms with Crippen LogP contribution in [0.2, 0.25) is 0 Å². The summed E-state index contributed by atoms with van der Waals surface area (Å²) >= 11 is 2.34. The van der Waals surface area contributed by atoms with Gasteiger partial charge in [-0.25, -0.2) is 4.98 Å². The third-order valence-electron chi connectivity index (χ3n) is 3.94. The van der Waals surface area contributed by atoms with Crippen molar-refractivity contribution < 1.29 is 0 Å². The Balaban J connectivity index is 2.06. The molecule has 0 radical (unpaired) electrons. The number of unbranched alkanes of at least 4 members (excludes halogenated alkanes) is 3. The molecule has 0 aliphatic rings. The maximum Gasteiger partial charge on any atom is 0.210 e. The van der Waals surface area contributed by atoms with Gasteiger partial charge in [-0.2, -0.15) is 5.26 Å². The van der Waals surface area contributed by atoms with Gasteiger partial charge in [-0.1, -0.05) is 44.7 Å². The van der Waals surface area contributed by atoms with E-state index in [1.165, 1.54) is 41.2 Å². The van der Waals surface area contributed by atoms with Crippen molar-refractivity contribution >= 4 is 22.6 Å². The molecule has 4 heteroatoms. The molecule has 0 fully saturated rings. The van der Waals surface area contributed by atoms with E-state index in [0.29, 0.717) is 11.7 Å². The van der Waals surface area contributed by atoms with E-state index in [2.05, 4.69) is 69.8 Å². The van der Waals surface area contributed by atoms with E-state index in [1.54, 1.807) is 0 Å². The molecular weight excluding hydrogens is 385 g/mol. The molecule has 0 amide bonds. The van der Waals surface area contributed by atoms with Crippen LogP contribution in [0, 0.1) is 14.9 Å². The number of rotatable bonds is 8. The molecule has 2 aromatic rings. The fourth-order valence-corrected chi connectivity index (χ4v) is 3.07. The highest BCUT2D eigenvalue weighted by molar-refractivity contribution is 14.1. The summed E-state index contributed by atoms with van der Waals surface area (Å²) in [5.41, 5.74) is 2.36. The van der Waals surface area contributed by atoms with E-state index in [0.717, 1.165) is 12.1 Å². The lowest BCUT2D eigenvalue weighted by Crippen LogP contribution is -2.04. The summed E-state index contributed by atoms with van der Waals surface area (Å²) in [6.07, 6.45) is 9.05. The van der Waals surface area contributed by atoms with E-state index >= 15 is 0 Å². The average molecular weight is 407 g/mol. The van der Waals surface area contributed by atoms with Crippen molar-refractivity contribution in [2.45, 2.75) is 51.4 Å². The number of benzene rings is 1. The number of halogens is 1. The van der Waals surface area contributed by atoms with E-state index in [1.807, 2.05) is 6.20 Å². The number of H-pyrrole nitrogens is 1. The predicted octanol–water partition coefficient (Wildman–Crippen LogP) is 5.18. The molecule has 116 valence electrons. The van der Waals surface area contributed by atoms with E-state index in [9.17, 15) is 0 Å². The van der Waals surface area contributed by atoms with Crippen molar-refractivity contribution in [3.63, 3.8) is 0 Å². The quantitative estimate of drug-likeness (QED) is 0.484. The van der Waals surface area contributed by atoms with Gasteiger partial charge in [-0.05, 0) is 59.0 Å². The molecule has 1 N–H and O–H groups in total. The number of nitriles is 1. The van der Waals surface area contributed by atoms with Crippen LogP contribution in [0.3, 0.4) is 0 Å². The van der Waals surface area contributed by atoms with Crippen molar-refractivity contribution in [2.75, 3.05) is 0 Å². The molecule has 22 heavy (non-hydrogen) atoms. The van der Waals surface area contributed by atoms with E-state index < -0.39 is 0 Å². The SMILES string of the molecule is CCCCCCC(Cc1c[nH]c(C#N)n1)c1ccc(I)cc1. The summed E-state index contributed by atoms with van der Waals surface area (Å²) in [5, 5.41) is 8.89. The highest BCUT2D eigenvalue weighted by Crippen LogP contribution is 2.27. The molecule has 3 nitrogen and oxygen atoms in total. The Morgan fingerprint density at radius 1 is 1.23 bits per heavy atom. The molecule has 1 heterocycles. The van der Waals surface area contributed by atoms with E-state index in [4.69, 9.17) is 5.26 Å². The number of aromatic nitrogens is 2. The molecule has 0 aliphatic heterocycles. The monoisotopic (exact) mass is 407 g/mol. The molecule has 0 aliphatic carbocycles. The van der Waals surface area contributed by atoms with Gasteiger partial charge >= 0.3 is 0 Å². The summed E-state index contributed by atoms with van der Waals surface area (Å²) in [6.45, 7) is 2.24. The fourth-order valence-electron chi connectivity index (χ4n) is 2.71. The van der Waals surface area contributed by atoms with Gasteiger partial charge in [0, 0.05) is 9.77 Å². The van der Waals surface area contributed by atoms with Crippen molar-refractivity contribution in [1.82, 2.24) is 9.97 Å².